The summed E-state index contributed by atoms with van der Waals surface area (Å²) >= 11 is 12.0. The maximum Gasteiger partial charge on any atom is 0.189 e. The predicted molar refractivity (Wildman–Crippen MR) is 77.9 cm³/mol. The van der Waals surface area contributed by atoms with Crippen LogP contribution in [0, 0.1) is 0 Å². The van der Waals surface area contributed by atoms with Crippen LogP contribution in [0.3, 0.4) is 0 Å². The zero-order chi connectivity index (χ0) is 13.8. The van der Waals surface area contributed by atoms with Crippen molar-refractivity contribution in [2.24, 2.45) is 0 Å². The van der Waals surface area contributed by atoms with E-state index >= 15 is 0 Å². The van der Waals surface area contributed by atoms with E-state index in [1.165, 1.54) is 12.1 Å². The van der Waals surface area contributed by atoms with Crippen LogP contribution in [-0.4, -0.2) is 10.9 Å². The predicted octanol–water partition coefficient (Wildman–Crippen LogP) is 4.60. The van der Waals surface area contributed by atoms with E-state index in [9.17, 15) is 9.90 Å². The fourth-order valence-electron chi connectivity index (χ4n) is 1.60. The van der Waals surface area contributed by atoms with Crippen LogP contribution in [0.1, 0.15) is 15.9 Å². The van der Waals surface area contributed by atoms with Crippen LogP contribution >= 0.6 is 23.2 Å². The molecular formula is C15H10Cl2O2. The molecule has 19 heavy (non-hydrogen) atoms. The SMILES string of the molecule is O=C(/C=C/c1c(Cl)cccc1Cl)c1ccccc1O. The Morgan fingerprint density at radius 3 is 2.26 bits per heavy atom. The maximum absolute atomic E-state index is 11.9. The lowest BCUT2D eigenvalue weighted by molar-refractivity contribution is 0.104. The quantitative estimate of drug-likeness (QED) is 0.663. The molecular weight excluding hydrogens is 283 g/mol. The number of rotatable bonds is 3. The van der Waals surface area contributed by atoms with Crippen molar-refractivity contribution in [2.45, 2.75) is 0 Å². The topological polar surface area (TPSA) is 37.3 Å². The first-order valence-electron chi connectivity index (χ1n) is 5.54. The van der Waals surface area contributed by atoms with Crippen molar-refractivity contribution < 1.29 is 9.90 Å². The molecule has 0 aliphatic rings. The van der Waals surface area contributed by atoms with Gasteiger partial charge in [0.2, 0.25) is 0 Å². The van der Waals surface area contributed by atoms with Crippen molar-refractivity contribution in [3.05, 3.63) is 69.7 Å². The number of halogens is 2. The highest BCUT2D eigenvalue weighted by Gasteiger charge is 2.07. The number of carbonyl (C=O) groups is 1. The number of benzene rings is 2. The van der Waals surface area contributed by atoms with E-state index in [0.717, 1.165) is 0 Å². The molecule has 2 rings (SSSR count). The van der Waals surface area contributed by atoms with Crippen molar-refractivity contribution in [3.8, 4) is 5.75 Å². The number of aromatic hydroxyl groups is 1. The second-order valence-electron chi connectivity index (χ2n) is 3.85. The van der Waals surface area contributed by atoms with Crippen LogP contribution in [0.4, 0.5) is 0 Å². The third-order valence-electron chi connectivity index (χ3n) is 2.57. The number of ketones is 1. The molecule has 0 spiro atoms. The van der Waals surface area contributed by atoms with Crippen LogP contribution < -0.4 is 0 Å². The van der Waals surface area contributed by atoms with E-state index in [4.69, 9.17) is 23.2 Å². The first kappa shape index (κ1) is 13.7. The molecule has 0 aliphatic heterocycles. The average Bonchev–Trinajstić information content (AvgIpc) is 2.38. The fourth-order valence-corrected chi connectivity index (χ4v) is 2.12. The molecule has 4 heteroatoms. The highest BCUT2D eigenvalue weighted by Crippen LogP contribution is 2.26. The number of allylic oxidation sites excluding steroid dienone is 1. The summed E-state index contributed by atoms with van der Waals surface area (Å²) in [7, 11) is 0. The highest BCUT2D eigenvalue weighted by atomic mass is 35.5. The smallest absolute Gasteiger partial charge is 0.189 e. The lowest BCUT2D eigenvalue weighted by Gasteiger charge is -2.01. The average molecular weight is 293 g/mol. The Hall–Kier alpha value is -1.77. The van der Waals surface area contributed by atoms with E-state index < -0.39 is 0 Å². The first-order chi connectivity index (χ1) is 9.09. The minimum absolute atomic E-state index is 0.0533. The number of phenols is 1. The molecule has 1 N–H and O–H groups in total. The van der Waals surface area contributed by atoms with Crippen molar-refractivity contribution in [2.75, 3.05) is 0 Å². The van der Waals surface area contributed by atoms with Gasteiger partial charge in [-0.2, -0.15) is 0 Å². The summed E-state index contributed by atoms with van der Waals surface area (Å²) < 4.78 is 0. The van der Waals surface area contributed by atoms with Gasteiger partial charge >= 0.3 is 0 Å². The van der Waals surface area contributed by atoms with E-state index in [0.29, 0.717) is 15.6 Å². The minimum atomic E-state index is -0.311. The molecule has 2 aromatic carbocycles. The van der Waals surface area contributed by atoms with Gasteiger partial charge in [-0.15, -0.1) is 0 Å². The molecule has 0 aliphatic carbocycles. The zero-order valence-electron chi connectivity index (χ0n) is 9.81. The van der Waals surface area contributed by atoms with Gasteiger partial charge in [0.05, 0.1) is 5.56 Å². The van der Waals surface area contributed by atoms with Gasteiger partial charge in [-0.25, -0.2) is 0 Å². The van der Waals surface area contributed by atoms with Gasteiger partial charge < -0.3 is 5.11 Å². The van der Waals surface area contributed by atoms with Gasteiger partial charge in [-0.1, -0.05) is 41.4 Å². The molecule has 0 radical (unpaired) electrons. The van der Waals surface area contributed by atoms with Gasteiger partial charge in [0.15, 0.2) is 5.78 Å². The summed E-state index contributed by atoms with van der Waals surface area (Å²) in [6, 6.07) is 11.5. The monoisotopic (exact) mass is 292 g/mol. The Morgan fingerprint density at radius 1 is 1.00 bits per heavy atom. The molecule has 0 bridgehead atoms. The van der Waals surface area contributed by atoms with Gasteiger partial charge in [0.25, 0.3) is 0 Å². The lowest BCUT2D eigenvalue weighted by Crippen LogP contribution is -1.94. The summed E-state index contributed by atoms with van der Waals surface area (Å²) in [5.41, 5.74) is 0.816. The summed E-state index contributed by atoms with van der Waals surface area (Å²) in [4.78, 5) is 11.9. The molecule has 0 fully saturated rings. The molecule has 0 unspecified atom stereocenters. The minimum Gasteiger partial charge on any atom is -0.507 e. The largest absolute Gasteiger partial charge is 0.507 e. The summed E-state index contributed by atoms with van der Waals surface area (Å²) in [6.07, 6.45) is 2.88. The number of carbonyl (C=O) groups excluding carboxylic acids is 1. The molecule has 0 saturated heterocycles. The molecule has 96 valence electrons. The van der Waals surface area contributed by atoms with E-state index in [1.807, 2.05) is 0 Å². The van der Waals surface area contributed by atoms with Crippen molar-refractivity contribution in [1.82, 2.24) is 0 Å². The first-order valence-corrected chi connectivity index (χ1v) is 6.29. The molecule has 2 nitrogen and oxygen atoms in total. The van der Waals surface area contributed by atoms with Gasteiger partial charge in [0.1, 0.15) is 5.75 Å². The number of phenolic OH excluding ortho intramolecular Hbond substituents is 1. The Morgan fingerprint density at radius 2 is 1.63 bits per heavy atom. The molecule has 0 amide bonds. The molecule has 0 saturated carbocycles. The second-order valence-corrected chi connectivity index (χ2v) is 4.66. The highest BCUT2D eigenvalue weighted by molar-refractivity contribution is 6.37. The van der Waals surface area contributed by atoms with Crippen LogP contribution in [0.2, 0.25) is 10.0 Å². The number of hydrogen-bond acceptors (Lipinski definition) is 2. The molecule has 0 heterocycles. The second kappa shape index (κ2) is 5.91. The van der Waals surface area contributed by atoms with Crippen LogP contribution in [0.5, 0.6) is 5.75 Å². The molecule has 0 atom stereocenters. The lowest BCUT2D eigenvalue weighted by atomic mass is 10.1. The third kappa shape index (κ3) is 3.16. The van der Waals surface area contributed by atoms with E-state index in [1.54, 1.807) is 42.5 Å². The Bertz CT molecular complexity index is 628. The van der Waals surface area contributed by atoms with Crippen molar-refractivity contribution in [3.63, 3.8) is 0 Å². The van der Waals surface area contributed by atoms with E-state index in [2.05, 4.69) is 0 Å². The Kier molecular flexibility index (Phi) is 4.25. The summed E-state index contributed by atoms with van der Waals surface area (Å²) in [6.45, 7) is 0. The van der Waals surface area contributed by atoms with Crippen LogP contribution in [-0.2, 0) is 0 Å². The maximum atomic E-state index is 11.9. The van der Waals surface area contributed by atoms with E-state index in [-0.39, 0.29) is 17.1 Å². The fraction of sp³-hybridized carbons (Fsp3) is 0. The zero-order valence-corrected chi connectivity index (χ0v) is 11.3. The van der Waals surface area contributed by atoms with Crippen LogP contribution in [0.15, 0.2) is 48.5 Å². The van der Waals surface area contributed by atoms with Gasteiger partial charge in [0, 0.05) is 15.6 Å². The third-order valence-corrected chi connectivity index (χ3v) is 3.23. The van der Waals surface area contributed by atoms with Gasteiger partial charge in [-0.05, 0) is 36.4 Å². The summed E-state index contributed by atoms with van der Waals surface area (Å²) in [5, 5.41) is 10.5. The standard InChI is InChI=1S/C15H10Cl2O2/c16-12-5-3-6-13(17)10(12)8-9-15(19)11-4-1-2-7-14(11)18/h1-9,18H/b9-8+. The van der Waals surface area contributed by atoms with Crippen molar-refractivity contribution in [1.29, 1.82) is 0 Å². The molecule has 2 aromatic rings. The van der Waals surface area contributed by atoms with Crippen LogP contribution in [0.25, 0.3) is 6.08 Å². The Labute approximate surface area is 120 Å². The molecule has 0 aromatic heterocycles. The summed E-state index contributed by atoms with van der Waals surface area (Å²) in [5.74, 6) is -0.364. The Balaban J connectivity index is 2.29. The van der Waals surface area contributed by atoms with Gasteiger partial charge in [-0.3, -0.25) is 4.79 Å². The van der Waals surface area contributed by atoms with Crippen molar-refractivity contribution >= 4 is 35.1 Å². The number of para-hydroxylation sites is 1. The normalized spacial score (nSPS) is 10.8. The number of hydrogen-bond donors (Lipinski definition) is 1.